The zero-order valence-corrected chi connectivity index (χ0v) is 15.0. The van der Waals surface area contributed by atoms with E-state index in [1.54, 1.807) is 0 Å². The molecule has 27 heavy (non-hydrogen) atoms. The van der Waals surface area contributed by atoms with E-state index in [4.69, 9.17) is 11.6 Å². The molecule has 0 spiro atoms. The minimum absolute atomic E-state index is 0.00553. The Hall–Kier alpha value is -2.91. The third-order valence-corrected chi connectivity index (χ3v) is 4.98. The van der Waals surface area contributed by atoms with Gasteiger partial charge in [0.1, 0.15) is 11.6 Å². The molecule has 0 unspecified atom stereocenters. The molecule has 2 aromatic rings. The molecule has 0 bridgehead atoms. The van der Waals surface area contributed by atoms with Crippen LogP contribution in [0.1, 0.15) is 11.1 Å². The van der Waals surface area contributed by atoms with Crippen LogP contribution in [0.3, 0.4) is 0 Å². The number of amides is 2. The van der Waals surface area contributed by atoms with Crippen LogP contribution in [-0.4, -0.2) is 26.1 Å². The Morgan fingerprint density at radius 2 is 2.00 bits per heavy atom. The van der Waals surface area contributed by atoms with Gasteiger partial charge in [-0.25, -0.2) is 4.39 Å². The van der Waals surface area contributed by atoms with Gasteiger partial charge in [0.15, 0.2) is 0 Å². The van der Waals surface area contributed by atoms with E-state index in [9.17, 15) is 29.2 Å². The minimum atomic E-state index is -0.642. The van der Waals surface area contributed by atoms with Crippen molar-refractivity contribution >= 4 is 46.3 Å². The van der Waals surface area contributed by atoms with Gasteiger partial charge >= 0.3 is 0 Å². The van der Waals surface area contributed by atoms with Gasteiger partial charge in [0.25, 0.3) is 16.8 Å². The van der Waals surface area contributed by atoms with Crippen LogP contribution >= 0.6 is 23.4 Å². The first-order valence-corrected chi connectivity index (χ1v) is 8.62. The Labute approximate surface area is 161 Å². The van der Waals surface area contributed by atoms with Crippen LogP contribution in [0, 0.1) is 15.9 Å². The van der Waals surface area contributed by atoms with Gasteiger partial charge in [0, 0.05) is 22.7 Å². The number of phenolic OH excluding ortho intramolecular Hbond substituents is 1. The predicted molar refractivity (Wildman–Crippen MR) is 97.7 cm³/mol. The first-order valence-electron chi connectivity index (χ1n) is 7.43. The number of aromatic hydroxyl groups is 1. The summed E-state index contributed by atoms with van der Waals surface area (Å²) in [6.07, 6.45) is 1.21. The van der Waals surface area contributed by atoms with Crippen molar-refractivity contribution in [3.63, 3.8) is 0 Å². The van der Waals surface area contributed by atoms with Gasteiger partial charge in [-0.15, -0.1) is 0 Å². The smallest absolute Gasteiger partial charge is 0.293 e. The number of benzene rings is 2. The summed E-state index contributed by atoms with van der Waals surface area (Å²) in [7, 11) is 0. The molecular formula is C17H10ClFN2O5S. The molecule has 1 saturated heterocycles. The number of carbonyl (C=O) groups excluding carboxylic acids is 2. The molecule has 2 amide bonds. The van der Waals surface area contributed by atoms with Gasteiger partial charge in [-0.2, -0.15) is 0 Å². The molecule has 1 aliphatic rings. The van der Waals surface area contributed by atoms with Crippen LogP contribution in [0.25, 0.3) is 6.08 Å². The number of carbonyl (C=O) groups is 2. The fourth-order valence-corrected chi connectivity index (χ4v) is 3.43. The second-order valence-corrected chi connectivity index (χ2v) is 6.90. The first kappa shape index (κ1) is 18.9. The van der Waals surface area contributed by atoms with Crippen LogP contribution < -0.4 is 0 Å². The Morgan fingerprint density at radius 1 is 1.26 bits per heavy atom. The minimum Gasteiger partial charge on any atom is -0.507 e. The monoisotopic (exact) mass is 408 g/mol. The molecular weight excluding hydrogens is 399 g/mol. The molecule has 0 aliphatic carbocycles. The highest BCUT2D eigenvalue weighted by molar-refractivity contribution is 8.18. The Bertz CT molecular complexity index is 1010. The number of halogens is 2. The highest BCUT2D eigenvalue weighted by Gasteiger charge is 2.35. The molecule has 10 heteroatoms. The van der Waals surface area contributed by atoms with E-state index in [-0.39, 0.29) is 33.5 Å². The third kappa shape index (κ3) is 3.93. The van der Waals surface area contributed by atoms with Gasteiger partial charge in [-0.1, -0.05) is 17.7 Å². The van der Waals surface area contributed by atoms with Crippen molar-refractivity contribution in [1.29, 1.82) is 0 Å². The number of non-ortho nitro benzene ring substituents is 1. The summed E-state index contributed by atoms with van der Waals surface area (Å²) in [6.45, 7) is -0.151. The molecule has 1 N–H and O–H groups in total. The quantitative estimate of drug-likeness (QED) is 0.459. The van der Waals surface area contributed by atoms with Crippen molar-refractivity contribution in [2.45, 2.75) is 6.54 Å². The van der Waals surface area contributed by atoms with E-state index in [0.29, 0.717) is 17.3 Å². The summed E-state index contributed by atoms with van der Waals surface area (Å²) < 4.78 is 13.1. The number of imide groups is 1. The average molecular weight is 409 g/mol. The Balaban J connectivity index is 1.89. The molecule has 0 aromatic heterocycles. The summed E-state index contributed by atoms with van der Waals surface area (Å²) in [5.74, 6) is -1.45. The summed E-state index contributed by atoms with van der Waals surface area (Å²) in [4.78, 5) is 35.8. The third-order valence-electron chi connectivity index (χ3n) is 3.73. The summed E-state index contributed by atoms with van der Waals surface area (Å²) >= 11 is 6.56. The van der Waals surface area contributed by atoms with Crippen LogP contribution in [0.15, 0.2) is 41.3 Å². The van der Waals surface area contributed by atoms with E-state index in [2.05, 4.69) is 0 Å². The number of rotatable bonds is 4. The molecule has 138 valence electrons. The van der Waals surface area contributed by atoms with E-state index >= 15 is 0 Å². The average Bonchev–Trinajstić information content (AvgIpc) is 2.86. The maximum atomic E-state index is 13.1. The lowest BCUT2D eigenvalue weighted by atomic mass is 10.1. The highest BCUT2D eigenvalue weighted by atomic mass is 35.5. The van der Waals surface area contributed by atoms with Gasteiger partial charge in [-0.05, 0) is 41.6 Å². The van der Waals surface area contributed by atoms with E-state index < -0.39 is 21.9 Å². The molecule has 0 saturated carbocycles. The normalized spacial score (nSPS) is 15.6. The maximum absolute atomic E-state index is 13.1. The molecule has 1 aliphatic heterocycles. The topological polar surface area (TPSA) is 101 Å². The van der Waals surface area contributed by atoms with Crippen molar-refractivity contribution < 1.29 is 24.0 Å². The van der Waals surface area contributed by atoms with Crippen LogP contribution in [-0.2, 0) is 11.3 Å². The largest absolute Gasteiger partial charge is 0.507 e. The SMILES string of the molecule is O=C1S/C(=C\c2cc([N+](=O)[O-])ccc2O)C(=O)N1Cc1ccc(F)cc1Cl. The van der Waals surface area contributed by atoms with Crippen molar-refractivity contribution in [3.8, 4) is 5.75 Å². The molecule has 7 nitrogen and oxygen atoms in total. The number of thioether (sulfide) groups is 1. The highest BCUT2D eigenvalue weighted by Crippen LogP contribution is 2.36. The second kappa shape index (κ2) is 7.37. The number of hydrogen-bond acceptors (Lipinski definition) is 6. The first-order chi connectivity index (χ1) is 12.8. The van der Waals surface area contributed by atoms with Gasteiger partial charge in [0.05, 0.1) is 16.4 Å². The van der Waals surface area contributed by atoms with Gasteiger partial charge in [0.2, 0.25) is 0 Å². The standard InChI is InChI=1S/C17H10ClFN2O5S/c18-13-7-11(19)2-1-9(13)8-20-16(23)15(27-17(20)24)6-10-5-12(21(25)26)3-4-14(10)22/h1-7,22H,8H2/b15-6-. The molecule has 3 rings (SSSR count). The van der Waals surface area contributed by atoms with Gasteiger partial charge in [-0.3, -0.25) is 24.6 Å². The van der Waals surface area contributed by atoms with Crippen LogP contribution in [0.2, 0.25) is 5.02 Å². The number of nitro groups is 1. The zero-order chi connectivity index (χ0) is 19.7. The molecule has 1 heterocycles. The van der Waals surface area contributed by atoms with Crippen molar-refractivity contribution in [2.24, 2.45) is 0 Å². The number of phenols is 1. The lowest BCUT2D eigenvalue weighted by Crippen LogP contribution is -2.27. The van der Waals surface area contributed by atoms with E-state index in [0.717, 1.165) is 35.2 Å². The number of nitro benzene ring substituents is 1. The van der Waals surface area contributed by atoms with E-state index in [1.807, 2.05) is 0 Å². The van der Waals surface area contributed by atoms with E-state index in [1.165, 1.54) is 12.1 Å². The van der Waals surface area contributed by atoms with Crippen molar-refractivity contribution in [2.75, 3.05) is 0 Å². The van der Waals surface area contributed by atoms with Gasteiger partial charge < -0.3 is 5.11 Å². The van der Waals surface area contributed by atoms with Crippen molar-refractivity contribution in [3.05, 3.63) is 73.4 Å². The number of hydrogen-bond donors (Lipinski definition) is 1. The Morgan fingerprint density at radius 3 is 2.67 bits per heavy atom. The predicted octanol–water partition coefficient (Wildman–Crippen LogP) is 4.33. The second-order valence-electron chi connectivity index (χ2n) is 5.50. The zero-order valence-electron chi connectivity index (χ0n) is 13.4. The van der Waals surface area contributed by atoms with Crippen LogP contribution in [0.4, 0.5) is 14.9 Å². The fourth-order valence-electron chi connectivity index (χ4n) is 2.37. The summed E-state index contributed by atoms with van der Waals surface area (Å²) in [6, 6.07) is 6.96. The number of nitrogens with zero attached hydrogens (tertiary/aromatic N) is 2. The molecule has 1 fully saturated rings. The van der Waals surface area contributed by atoms with Crippen LogP contribution in [0.5, 0.6) is 5.75 Å². The Kier molecular flexibility index (Phi) is 5.15. The lowest BCUT2D eigenvalue weighted by molar-refractivity contribution is -0.384. The fraction of sp³-hybridized carbons (Fsp3) is 0.0588. The lowest BCUT2D eigenvalue weighted by Gasteiger charge is -2.13. The van der Waals surface area contributed by atoms with Crippen molar-refractivity contribution in [1.82, 2.24) is 4.90 Å². The summed E-state index contributed by atoms with van der Waals surface area (Å²) in [5, 5.41) is 20.2. The summed E-state index contributed by atoms with van der Waals surface area (Å²) in [5.41, 5.74) is 0.158. The maximum Gasteiger partial charge on any atom is 0.293 e. The molecule has 2 aromatic carbocycles. The molecule has 0 atom stereocenters. The molecule has 0 radical (unpaired) electrons.